The maximum absolute atomic E-state index is 12.6. The van der Waals surface area contributed by atoms with Crippen molar-refractivity contribution in [2.24, 2.45) is 11.7 Å². The number of H-pyrrole nitrogens is 1. The molecule has 0 saturated heterocycles. The second kappa shape index (κ2) is 6.55. The van der Waals surface area contributed by atoms with Gasteiger partial charge in [0.05, 0.1) is 11.1 Å². The van der Waals surface area contributed by atoms with Gasteiger partial charge in [0, 0.05) is 12.4 Å². The fourth-order valence-corrected chi connectivity index (χ4v) is 3.14. The molecule has 0 unspecified atom stereocenters. The average Bonchev–Trinajstić information content (AvgIpc) is 3.01. The zero-order chi connectivity index (χ0) is 18.1. The number of primary amides is 1. The number of pyridine rings is 1. The summed E-state index contributed by atoms with van der Waals surface area (Å²) in [4.78, 5) is 31.8. The van der Waals surface area contributed by atoms with Crippen LogP contribution in [0.1, 0.15) is 31.9 Å². The molecule has 0 aliphatic rings. The summed E-state index contributed by atoms with van der Waals surface area (Å²) in [7, 11) is 0. The van der Waals surface area contributed by atoms with Crippen LogP contribution >= 0.6 is 0 Å². The first-order chi connectivity index (χ1) is 11.9. The molecule has 0 saturated carbocycles. The van der Waals surface area contributed by atoms with E-state index in [2.05, 4.69) is 9.97 Å². The van der Waals surface area contributed by atoms with Gasteiger partial charge in [0.1, 0.15) is 11.9 Å². The molecule has 6 nitrogen and oxygen atoms in total. The van der Waals surface area contributed by atoms with Crippen molar-refractivity contribution in [3.8, 4) is 11.4 Å². The minimum absolute atomic E-state index is 0.234. The van der Waals surface area contributed by atoms with Crippen molar-refractivity contribution < 1.29 is 4.79 Å². The number of aryl methyl sites for hydroxylation is 1. The number of fused-ring (bicyclic) bond motifs is 1. The molecule has 0 bridgehead atoms. The molecular formula is C19H22N4O2. The highest BCUT2D eigenvalue weighted by atomic mass is 16.1. The van der Waals surface area contributed by atoms with E-state index in [0.717, 1.165) is 16.5 Å². The van der Waals surface area contributed by atoms with Gasteiger partial charge in [-0.25, -0.2) is 4.98 Å². The van der Waals surface area contributed by atoms with Crippen LogP contribution in [0, 0.1) is 12.8 Å². The molecule has 1 aromatic carbocycles. The van der Waals surface area contributed by atoms with Gasteiger partial charge in [-0.15, -0.1) is 0 Å². The smallest absolute Gasteiger partial charge is 0.259 e. The van der Waals surface area contributed by atoms with E-state index in [0.29, 0.717) is 17.8 Å². The van der Waals surface area contributed by atoms with E-state index >= 15 is 0 Å². The Kier molecular flexibility index (Phi) is 4.44. The molecule has 25 heavy (non-hydrogen) atoms. The number of nitrogens with zero attached hydrogens (tertiary/aromatic N) is 2. The molecule has 0 fully saturated rings. The molecule has 3 N–H and O–H groups in total. The first-order valence-corrected chi connectivity index (χ1v) is 8.33. The van der Waals surface area contributed by atoms with Crippen LogP contribution in [0.4, 0.5) is 0 Å². The number of imidazole rings is 1. The van der Waals surface area contributed by atoms with E-state index < -0.39 is 11.9 Å². The van der Waals surface area contributed by atoms with Gasteiger partial charge in [-0.1, -0.05) is 32.0 Å². The number of para-hydroxylation sites is 1. The summed E-state index contributed by atoms with van der Waals surface area (Å²) in [5, 5.41) is 0.920. The molecular weight excluding hydrogens is 316 g/mol. The molecule has 1 atom stereocenters. The highest BCUT2D eigenvalue weighted by Crippen LogP contribution is 2.25. The number of carbonyl (C=O) groups is 1. The highest BCUT2D eigenvalue weighted by Gasteiger charge is 2.23. The maximum Gasteiger partial charge on any atom is 0.259 e. The normalized spacial score (nSPS) is 12.6. The van der Waals surface area contributed by atoms with Crippen LogP contribution < -0.4 is 11.3 Å². The molecule has 0 aliphatic heterocycles. The van der Waals surface area contributed by atoms with Gasteiger partial charge in [0.15, 0.2) is 0 Å². The molecule has 1 amide bonds. The van der Waals surface area contributed by atoms with Crippen molar-refractivity contribution in [1.82, 2.24) is 14.5 Å². The fourth-order valence-electron chi connectivity index (χ4n) is 3.14. The summed E-state index contributed by atoms with van der Waals surface area (Å²) >= 11 is 0. The Balaban J connectivity index is 2.17. The van der Waals surface area contributed by atoms with Crippen molar-refractivity contribution in [1.29, 1.82) is 0 Å². The fraction of sp³-hybridized carbons (Fsp3) is 0.316. The minimum Gasteiger partial charge on any atom is -0.368 e. The third-order valence-electron chi connectivity index (χ3n) is 4.36. The van der Waals surface area contributed by atoms with Crippen LogP contribution in [0.25, 0.3) is 22.3 Å². The van der Waals surface area contributed by atoms with Crippen LogP contribution in [-0.4, -0.2) is 20.4 Å². The van der Waals surface area contributed by atoms with Gasteiger partial charge in [-0.3, -0.25) is 9.59 Å². The number of amides is 1. The maximum atomic E-state index is 12.6. The molecule has 2 aromatic heterocycles. The largest absolute Gasteiger partial charge is 0.368 e. The van der Waals surface area contributed by atoms with Crippen molar-refractivity contribution in [2.45, 2.75) is 33.2 Å². The molecule has 2 heterocycles. The number of nitrogens with one attached hydrogen (secondary N) is 1. The topological polar surface area (TPSA) is 93.8 Å². The Morgan fingerprint density at radius 3 is 2.80 bits per heavy atom. The van der Waals surface area contributed by atoms with Gasteiger partial charge in [0.2, 0.25) is 5.91 Å². The van der Waals surface area contributed by atoms with Crippen molar-refractivity contribution in [2.75, 3.05) is 0 Å². The number of hydrogen-bond acceptors (Lipinski definition) is 3. The molecule has 130 valence electrons. The summed E-state index contributed by atoms with van der Waals surface area (Å²) in [6.07, 6.45) is 3.88. The van der Waals surface area contributed by atoms with Gasteiger partial charge in [0.25, 0.3) is 5.56 Å². The van der Waals surface area contributed by atoms with Crippen LogP contribution in [0.5, 0.6) is 0 Å². The first-order valence-electron chi connectivity index (χ1n) is 8.33. The summed E-state index contributed by atoms with van der Waals surface area (Å²) in [6, 6.07) is 7.11. The van der Waals surface area contributed by atoms with Gasteiger partial charge in [-0.2, -0.15) is 0 Å². The standard InChI is InChI=1S/C19H22N4O2/c1-11(2)9-15(17(20)24)23-8-7-21-18(23)14-10-13-6-4-5-12(3)16(13)22-19(14)25/h4-8,10-11,15H,9H2,1-3H3,(H2,20,24)(H,22,25)/t15-/m0/s1. The molecule has 3 rings (SSSR count). The molecule has 6 heteroatoms. The van der Waals surface area contributed by atoms with Gasteiger partial charge < -0.3 is 15.3 Å². The van der Waals surface area contributed by atoms with Crippen LogP contribution in [0.2, 0.25) is 0 Å². The lowest BCUT2D eigenvalue weighted by molar-refractivity contribution is -0.121. The minimum atomic E-state index is -0.537. The molecule has 0 aliphatic carbocycles. The third-order valence-corrected chi connectivity index (χ3v) is 4.36. The molecule has 0 radical (unpaired) electrons. The zero-order valence-corrected chi connectivity index (χ0v) is 14.6. The summed E-state index contributed by atoms with van der Waals surface area (Å²) in [5.74, 6) is 0.306. The van der Waals surface area contributed by atoms with Crippen LogP contribution in [-0.2, 0) is 4.79 Å². The summed E-state index contributed by atoms with van der Waals surface area (Å²) in [5.41, 5.74) is 7.60. The Hall–Kier alpha value is -2.89. The number of rotatable bonds is 5. The van der Waals surface area contributed by atoms with Gasteiger partial charge >= 0.3 is 0 Å². The van der Waals surface area contributed by atoms with Gasteiger partial charge in [-0.05, 0) is 36.3 Å². The number of carbonyl (C=O) groups excluding carboxylic acids is 1. The summed E-state index contributed by atoms with van der Waals surface area (Å²) < 4.78 is 1.70. The van der Waals surface area contributed by atoms with Crippen LogP contribution in [0.3, 0.4) is 0 Å². The third kappa shape index (κ3) is 3.20. The quantitative estimate of drug-likeness (QED) is 0.749. The first kappa shape index (κ1) is 17.0. The van der Waals surface area contributed by atoms with E-state index in [1.54, 1.807) is 17.0 Å². The predicted octanol–water partition coefficient (Wildman–Crippen LogP) is 2.77. The number of aromatic amines is 1. The Morgan fingerprint density at radius 1 is 1.36 bits per heavy atom. The van der Waals surface area contributed by atoms with Crippen molar-refractivity contribution in [3.63, 3.8) is 0 Å². The Bertz CT molecular complexity index is 984. The number of aromatic nitrogens is 3. The van der Waals surface area contributed by atoms with E-state index in [1.807, 2.05) is 45.0 Å². The summed E-state index contributed by atoms with van der Waals surface area (Å²) in [6.45, 7) is 6.00. The monoisotopic (exact) mass is 338 g/mol. The SMILES string of the molecule is Cc1cccc2cc(-c3nccn3[C@@H](CC(C)C)C(N)=O)c(=O)[nH]c12. The lowest BCUT2D eigenvalue weighted by atomic mass is 10.0. The Morgan fingerprint density at radius 2 is 2.12 bits per heavy atom. The second-order valence-electron chi connectivity index (χ2n) is 6.76. The van der Waals surface area contributed by atoms with E-state index in [4.69, 9.17) is 5.73 Å². The van der Waals surface area contributed by atoms with E-state index in [1.165, 1.54) is 0 Å². The lowest BCUT2D eigenvalue weighted by Gasteiger charge is -2.19. The molecule has 0 spiro atoms. The van der Waals surface area contributed by atoms with Crippen LogP contribution in [0.15, 0.2) is 41.5 Å². The van der Waals surface area contributed by atoms with Crippen molar-refractivity contribution in [3.05, 3.63) is 52.6 Å². The van der Waals surface area contributed by atoms with E-state index in [9.17, 15) is 9.59 Å². The second-order valence-corrected chi connectivity index (χ2v) is 6.76. The lowest BCUT2D eigenvalue weighted by Crippen LogP contribution is -2.28. The van der Waals surface area contributed by atoms with Crippen molar-refractivity contribution >= 4 is 16.8 Å². The Labute approximate surface area is 145 Å². The number of benzene rings is 1. The highest BCUT2D eigenvalue weighted by molar-refractivity contribution is 5.85. The molecule has 3 aromatic rings. The van der Waals surface area contributed by atoms with E-state index in [-0.39, 0.29) is 11.5 Å². The number of hydrogen-bond donors (Lipinski definition) is 2. The zero-order valence-electron chi connectivity index (χ0n) is 14.6. The average molecular weight is 338 g/mol. The predicted molar refractivity (Wildman–Crippen MR) is 98.2 cm³/mol. The number of nitrogens with two attached hydrogens (primary N) is 1.